The van der Waals surface area contributed by atoms with Gasteiger partial charge in [-0.2, -0.15) is 0 Å². The maximum atomic E-state index is 10.8. The van der Waals surface area contributed by atoms with Crippen LogP contribution in [-0.4, -0.2) is 25.1 Å². The molecule has 0 radical (unpaired) electrons. The van der Waals surface area contributed by atoms with Crippen molar-refractivity contribution < 1.29 is 14.4 Å². The largest absolute Gasteiger partial charge is 0.493 e. The molecule has 0 aliphatic carbocycles. The zero-order chi connectivity index (χ0) is 22.9. The van der Waals surface area contributed by atoms with E-state index in [1.165, 1.54) is 17.7 Å². The van der Waals surface area contributed by atoms with Gasteiger partial charge in [-0.3, -0.25) is 10.1 Å². The number of anilines is 1. The highest BCUT2D eigenvalue weighted by atomic mass is 35.5. The van der Waals surface area contributed by atoms with Gasteiger partial charge in [0, 0.05) is 31.8 Å². The number of aryl methyl sites for hydroxylation is 1. The average Bonchev–Trinajstić information content (AvgIpc) is 2.79. The van der Waals surface area contributed by atoms with Gasteiger partial charge in [-0.05, 0) is 41.8 Å². The smallest absolute Gasteiger partial charge is 0.271 e. The molecule has 0 fully saturated rings. The minimum absolute atomic E-state index is 0.0287. The van der Waals surface area contributed by atoms with Crippen molar-refractivity contribution in [2.75, 3.05) is 25.5 Å². The number of hydrogen-bond acceptors (Lipinski definition) is 6. The number of hydrogen-bond donors (Lipinski definition) is 2. The molecule has 32 heavy (non-hydrogen) atoms. The van der Waals surface area contributed by atoms with Crippen LogP contribution in [0.15, 0.2) is 60.7 Å². The summed E-state index contributed by atoms with van der Waals surface area (Å²) in [4.78, 5) is 10.3. The fourth-order valence-electron chi connectivity index (χ4n) is 3.15. The Morgan fingerprint density at radius 2 is 1.84 bits per heavy atom. The second-order valence-electron chi connectivity index (χ2n) is 7.23. The summed E-state index contributed by atoms with van der Waals surface area (Å²) >= 11 is 6.09. The van der Waals surface area contributed by atoms with Gasteiger partial charge in [0.05, 0.1) is 22.7 Å². The Bertz CT molecular complexity index is 1070. The molecule has 0 unspecified atom stereocenters. The fourth-order valence-corrected chi connectivity index (χ4v) is 3.39. The highest BCUT2D eigenvalue weighted by Crippen LogP contribution is 2.29. The number of nitrogens with one attached hydrogen (secondary N) is 2. The Kier molecular flexibility index (Phi) is 8.30. The van der Waals surface area contributed by atoms with Crippen molar-refractivity contribution in [1.82, 2.24) is 5.32 Å². The summed E-state index contributed by atoms with van der Waals surface area (Å²) in [5.74, 6) is 1.39. The third kappa shape index (κ3) is 6.35. The predicted octanol–water partition coefficient (Wildman–Crippen LogP) is 5.35. The number of nitro benzene ring substituents is 1. The lowest BCUT2D eigenvalue weighted by atomic mass is 10.1. The van der Waals surface area contributed by atoms with Crippen molar-refractivity contribution in [3.8, 4) is 11.5 Å². The second-order valence-corrected chi connectivity index (χ2v) is 7.63. The van der Waals surface area contributed by atoms with Gasteiger partial charge in [-0.25, -0.2) is 0 Å². The van der Waals surface area contributed by atoms with Crippen LogP contribution in [0.2, 0.25) is 5.02 Å². The predicted molar refractivity (Wildman–Crippen MR) is 127 cm³/mol. The van der Waals surface area contributed by atoms with Gasteiger partial charge in [-0.15, -0.1) is 0 Å². The summed E-state index contributed by atoms with van der Waals surface area (Å²) < 4.78 is 11.5. The first-order chi connectivity index (χ1) is 15.5. The molecule has 0 heterocycles. The van der Waals surface area contributed by atoms with Crippen LogP contribution in [0, 0.1) is 17.0 Å². The van der Waals surface area contributed by atoms with Gasteiger partial charge in [0.2, 0.25) is 0 Å². The Hall–Kier alpha value is -3.29. The molecule has 7 nitrogen and oxygen atoms in total. The van der Waals surface area contributed by atoms with Crippen LogP contribution < -0.4 is 20.1 Å². The van der Waals surface area contributed by atoms with Crippen LogP contribution in [0.4, 0.5) is 11.4 Å². The number of non-ortho nitro benzene ring substituents is 1. The van der Waals surface area contributed by atoms with Crippen molar-refractivity contribution in [1.29, 1.82) is 0 Å². The van der Waals surface area contributed by atoms with E-state index in [0.717, 1.165) is 11.1 Å². The molecule has 0 aliphatic rings. The maximum Gasteiger partial charge on any atom is 0.271 e. The van der Waals surface area contributed by atoms with Crippen molar-refractivity contribution in [2.45, 2.75) is 20.1 Å². The number of nitro groups is 1. The van der Waals surface area contributed by atoms with Crippen molar-refractivity contribution in [3.63, 3.8) is 0 Å². The second kappa shape index (κ2) is 11.4. The summed E-state index contributed by atoms with van der Waals surface area (Å²) in [6.45, 7) is 4.50. The van der Waals surface area contributed by atoms with Crippen molar-refractivity contribution in [2.24, 2.45) is 0 Å². The minimum atomic E-state index is -0.468. The Morgan fingerprint density at radius 1 is 1.03 bits per heavy atom. The minimum Gasteiger partial charge on any atom is -0.493 e. The molecule has 0 aromatic heterocycles. The lowest BCUT2D eigenvalue weighted by molar-refractivity contribution is -0.384. The van der Waals surface area contributed by atoms with Crippen LogP contribution in [0.3, 0.4) is 0 Å². The molecular weight excluding hydrogens is 430 g/mol. The molecule has 3 rings (SSSR count). The Balaban J connectivity index is 1.47. The van der Waals surface area contributed by atoms with Crippen LogP contribution in [-0.2, 0) is 13.2 Å². The van der Waals surface area contributed by atoms with Gasteiger partial charge in [0.1, 0.15) is 6.61 Å². The first-order valence-corrected chi connectivity index (χ1v) is 10.6. The van der Waals surface area contributed by atoms with E-state index in [-0.39, 0.29) is 5.69 Å². The molecule has 168 valence electrons. The van der Waals surface area contributed by atoms with E-state index in [0.29, 0.717) is 48.5 Å². The van der Waals surface area contributed by atoms with Gasteiger partial charge in [0.15, 0.2) is 11.5 Å². The third-order valence-electron chi connectivity index (χ3n) is 4.98. The van der Waals surface area contributed by atoms with Crippen LogP contribution >= 0.6 is 11.6 Å². The zero-order valence-corrected chi connectivity index (χ0v) is 18.8. The first-order valence-electron chi connectivity index (χ1n) is 10.2. The lowest BCUT2D eigenvalue weighted by Crippen LogP contribution is -2.21. The number of ether oxygens (including phenoxy) is 2. The zero-order valence-electron chi connectivity index (χ0n) is 18.1. The molecule has 0 spiro atoms. The molecule has 8 heteroatoms. The molecule has 3 aromatic rings. The number of halogens is 1. The van der Waals surface area contributed by atoms with Crippen molar-refractivity contribution >= 4 is 23.0 Å². The number of methoxy groups -OCH3 is 1. The normalized spacial score (nSPS) is 10.6. The van der Waals surface area contributed by atoms with Crippen LogP contribution in [0.5, 0.6) is 11.5 Å². The van der Waals surface area contributed by atoms with Gasteiger partial charge >= 0.3 is 0 Å². The standard InChI is InChI=1S/C24H26ClN3O4/c1-17-5-3-4-6-19(17)16-32-23-10-7-18(13-24(23)31-2)15-26-11-12-27-22-9-8-20(28(29)30)14-21(22)25/h3-10,13-14,26-27H,11-12,15-16H2,1-2H3. The summed E-state index contributed by atoms with van der Waals surface area (Å²) in [6.07, 6.45) is 0. The SMILES string of the molecule is COc1cc(CNCCNc2ccc([N+](=O)[O-])cc2Cl)ccc1OCc1ccccc1C. The molecule has 0 saturated carbocycles. The third-order valence-corrected chi connectivity index (χ3v) is 5.30. The summed E-state index contributed by atoms with van der Waals surface area (Å²) in [5, 5.41) is 17.6. The summed E-state index contributed by atoms with van der Waals surface area (Å²) in [5.41, 5.74) is 4.03. The number of nitrogens with zero attached hydrogens (tertiary/aromatic N) is 1. The monoisotopic (exact) mass is 455 g/mol. The first kappa shape index (κ1) is 23.4. The van der Waals surface area contributed by atoms with Gasteiger partial charge in [-0.1, -0.05) is 41.9 Å². The van der Waals surface area contributed by atoms with Gasteiger partial charge in [0.25, 0.3) is 5.69 Å². The van der Waals surface area contributed by atoms with E-state index in [4.69, 9.17) is 21.1 Å². The van der Waals surface area contributed by atoms with E-state index in [1.54, 1.807) is 13.2 Å². The Labute approximate surface area is 192 Å². The molecule has 3 aromatic carbocycles. The van der Waals surface area contributed by atoms with Crippen molar-refractivity contribution in [3.05, 3.63) is 92.5 Å². The molecule has 0 aliphatic heterocycles. The summed E-state index contributed by atoms with van der Waals surface area (Å²) in [6, 6.07) is 18.4. The highest BCUT2D eigenvalue weighted by molar-refractivity contribution is 6.33. The number of rotatable bonds is 11. The maximum absolute atomic E-state index is 10.8. The quantitative estimate of drug-likeness (QED) is 0.230. The van der Waals surface area contributed by atoms with E-state index in [1.807, 2.05) is 30.3 Å². The molecule has 0 atom stereocenters. The average molecular weight is 456 g/mol. The van der Waals surface area contributed by atoms with E-state index >= 15 is 0 Å². The highest BCUT2D eigenvalue weighted by Gasteiger charge is 2.09. The topological polar surface area (TPSA) is 85.7 Å². The van der Waals surface area contributed by atoms with E-state index in [9.17, 15) is 10.1 Å². The molecule has 0 saturated heterocycles. The van der Waals surface area contributed by atoms with Gasteiger partial charge < -0.3 is 20.1 Å². The van der Waals surface area contributed by atoms with E-state index < -0.39 is 4.92 Å². The molecule has 2 N–H and O–H groups in total. The number of benzene rings is 3. The molecule has 0 bridgehead atoms. The fraction of sp³-hybridized carbons (Fsp3) is 0.250. The lowest BCUT2D eigenvalue weighted by Gasteiger charge is -2.14. The Morgan fingerprint density at radius 3 is 2.56 bits per heavy atom. The summed E-state index contributed by atoms with van der Waals surface area (Å²) in [7, 11) is 1.63. The van der Waals surface area contributed by atoms with Crippen LogP contribution in [0.1, 0.15) is 16.7 Å². The van der Waals surface area contributed by atoms with Crippen LogP contribution in [0.25, 0.3) is 0 Å². The molecule has 0 amide bonds. The molecular formula is C24H26ClN3O4. The van der Waals surface area contributed by atoms with E-state index in [2.05, 4.69) is 29.7 Å².